The van der Waals surface area contributed by atoms with Crippen molar-refractivity contribution in [2.24, 2.45) is 5.92 Å². The Labute approximate surface area is 93.1 Å². The lowest BCUT2D eigenvalue weighted by molar-refractivity contribution is 0.0677. The number of hydrogen-bond acceptors (Lipinski definition) is 1. The molecule has 0 saturated carbocycles. The van der Waals surface area contributed by atoms with Crippen LogP contribution in [0.2, 0.25) is 0 Å². The van der Waals surface area contributed by atoms with E-state index in [1.807, 2.05) is 0 Å². The maximum Gasteiger partial charge on any atom is 0.0245 e. The third-order valence-electron chi connectivity index (χ3n) is 4.19. The first-order valence-electron chi connectivity index (χ1n) is 5.82. The minimum absolute atomic E-state index is 0.314. The second kappa shape index (κ2) is 3.64. The first-order valence-corrected chi connectivity index (χ1v) is 5.82. The molecule has 1 heteroatoms. The van der Waals surface area contributed by atoms with Gasteiger partial charge in [0.25, 0.3) is 0 Å². The van der Waals surface area contributed by atoms with Gasteiger partial charge in [-0.25, -0.2) is 0 Å². The zero-order chi connectivity index (χ0) is 11.1. The molecule has 1 nitrogen and oxygen atoms in total. The van der Waals surface area contributed by atoms with E-state index >= 15 is 0 Å². The van der Waals surface area contributed by atoms with Crippen molar-refractivity contribution in [1.82, 2.24) is 4.90 Å². The summed E-state index contributed by atoms with van der Waals surface area (Å²) in [4.78, 5) is 2.50. The molecule has 1 aromatic carbocycles. The van der Waals surface area contributed by atoms with E-state index in [0.29, 0.717) is 11.5 Å². The molecule has 0 amide bonds. The summed E-state index contributed by atoms with van der Waals surface area (Å²) in [5.74, 6) is 0.691. The normalized spacial score (nSPS) is 26.7. The van der Waals surface area contributed by atoms with Gasteiger partial charge in [-0.05, 0) is 37.4 Å². The number of hydrogen-bond donors (Lipinski definition) is 0. The number of benzene rings is 1. The Morgan fingerprint density at radius 1 is 1.20 bits per heavy atom. The van der Waals surface area contributed by atoms with Crippen molar-refractivity contribution < 1.29 is 0 Å². The molecule has 1 unspecified atom stereocenters. The van der Waals surface area contributed by atoms with Crippen LogP contribution < -0.4 is 0 Å². The lowest BCUT2D eigenvalue weighted by Gasteiger charge is -2.46. The highest BCUT2D eigenvalue weighted by Gasteiger charge is 2.36. The van der Waals surface area contributed by atoms with Crippen molar-refractivity contribution in [2.45, 2.75) is 39.3 Å². The van der Waals surface area contributed by atoms with E-state index in [2.05, 4.69) is 57.0 Å². The van der Waals surface area contributed by atoms with Crippen LogP contribution in [0.25, 0.3) is 0 Å². The van der Waals surface area contributed by atoms with Crippen molar-refractivity contribution in [3.05, 3.63) is 35.4 Å². The third-order valence-corrected chi connectivity index (χ3v) is 4.19. The van der Waals surface area contributed by atoms with Crippen LogP contribution in [0.5, 0.6) is 0 Å². The average Bonchev–Trinajstić information content (AvgIpc) is 2.19. The molecule has 0 aliphatic carbocycles. The molecule has 0 spiro atoms. The fourth-order valence-corrected chi connectivity index (χ4v) is 2.49. The molecule has 0 N–H and O–H groups in total. The van der Waals surface area contributed by atoms with Gasteiger partial charge >= 0.3 is 0 Å². The summed E-state index contributed by atoms with van der Waals surface area (Å²) in [5, 5.41) is 0. The predicted octanol–water partition coefficient (Wildman–Crippen LogP) is 3.09. The molecular weight excluding hydrogens is 182 g/mol. The van der Waals surface area contributed by atoms with Gasteiger partial charge in [-0.2, -0.15) is 0 Å². The second-order valence-corrected chi connectivity index (χ2v) is 5.31. The van der Waals surface area contributed by atoms with Gasteiger partial charge in [-0.15, -0.1) is 0 Å². The predicted molar refractivity (Wildman–Crippen MR) is 64.9 cm³/mol. The molecule has 1 aromatic rings. The lowest BCUT2D eigenvalue weighted by atomic mass is 9.77. The molecule has 0 fully saturated rings. The molecule has 2 rings (SSSR count). The fraction of sp³-hybridized carbons (Fsp3) is 0.571. The Morgan fingerprint density at radius 2 is 1.80 bits per heavy atom. The van der Waals surface area contributed by atoms with Crippen molar-refractivity contribution in [3.8, 4) is 0 Å². The second-order valence-electron chi connectivity index (χ2n) is 5.31. The van der Waals surface area contributed by atoms with Gasteiger partial charge in [-0.1, -0.05) is 38.1 Å². The Morgan fingerprint density at radius 3 is 2.40 bits per heavy atom. The number of fused-ring (bicyclic) bond motifs is 1. The number of rotatable bonds is 1. The van der Waals surface area contributed by atoms with Crippen LogP contribution in [0.4, 0.5) is 0 Å². The van der Waals surface area contributed by atoms with Crippen molar-refractivity contribution >= 4 is 0 Å². The van der Waals surface area contributed by atoms with Crippen molar-refractivity contribution in [2.75, 3.05) is 7.05 Å². The minimum Gasteiger partial charge on any atom is -0.296 e. The topological polar surface area (TPSA) is 3.24 Å². The fourth-order valence-electron chi connectivity index (χ4n) is 2.49. The molecule has 15 heavy (non-hydrogen) atoms. The summed E-state index contributed by atoms with van der Waals surface area (Å²) < 4.78 is 0. The Balaban J connectivity index is 2.37. The minimum atomic E-state index is 0.314. The summed E-state index contributed by atoms with van der Waals surface area (Å²) in [6, 6.07) is 8.84. The van der Waals surface area contributed by atoms with Gasteiger partial charge in [0.1, 0.15) is 0 Å². The lowest BCUT2D eigenvalue weighted by Crippen LogP contribution is -2.52. The molecule has 0 saturated heterocycles. The van der Waals surface area contributed by atoms with Crippen LogP contribution in [-0.2, 0) is 13.0 Å². The van der Waals surface area contributed by atoms with Gasteiger partial charge < -0.3 is 0 Å². The molecule has 0 aromatic heterocycles. The molecule has 0 bridgehead atoms. The van der Waals surface area contributed by atoms with Crippen LogP contribution in [-0.4, -0.2) is 17.5 Å². The Bertz CT molecular complexity index is 356. The maximum atomic E-state index is 2.50. The van der Waals surface area contributed by atoms with Gasteiger partial charge in [0.05, 0.1) is 0 Å². The summed E-state index contributed by atoms with van der Waals surface area (Å²) in [6.07, 6.45) is 1.18. The van der Waals surface area contributed by atoms with Crippen LogP contribution in [0.1, 0.15) is 31.9 Å². The van der Waals surface area contributed by atoms with E-state index < -0.39 is 0 Å². The van der Waals surface area contributed by atoms with E-state index in [0.717, 1.165) is 6.54 Å². The Hall–Kier alpha value is -0.820. The maximum absolute atomic E-state index is 2.50. The van der Waals surface area contributed by atoms with E-state index in [4.69, 9.17) is 0 Å². The quantitative estimate of drug-likeness (QED) is 0.678. The van der Waals surface area contributed by atoms with Crippen LogP contribution in [0, 0.1) is 5.92 Å². The van der Waals surface area contributed by atoms with Gasteiger partial charge in [0.2, 0.25) is 0 Å². The van der Waals surface area contributed by atoms with E-state index in [-0.39, 0.29) is 0 Å². The first kappa shape index (κ1) is 10.7. The first-order chi connectivity index (χ1) is 7.04. The molecule has 1 aliphatic rings. The number of likely N-dealkylation sites (N-methyl/N-ethyl adjacent to an activating group) is 1. The molecule has 82 valence electrons. The van der Waals surface area contributed by atoms with Crippen LogP contribution in [0.15, 0.2) is 24.3 Å². The average molecular weight is 203 g/mol. The van der Waals surface area contributed by atoms with Crippen LogP contribution >= 0.6 is 0 Å². The molecule has 0 radical (unpaired) electrons. The van der Waals surface area contributed by atoms with Gasteiger partial charge in [-0.3, -0.25) is 4.90 Å². The highest BCUT2D eigenvalue weighted by atomic mass is 15.2. The molecule has 1 heterocycles. The zero-order valence-electron chi connectivity index (χ0n) is 10.2. The molecular formula is C14H21N. The summed E-state index contributed by atoms with van der Waals surface area (Å²) in [5.41, 5.74) is 3.35. The third kappa shape index (κ3) is 1.69. The van der Waals surface area contributed by atoms with Crippen molar-refractivity contribution in [1.29, 1.82) is 0 Å². The smallest absolute Gasteiger partial charge is 0.0245 e. The molecule has 1 atom stereocenters. The number of nitrogens with zero attached hydrogens (tertiary/aromatic N) is 1. The highest BCUT2D eigenvalue weighted by Crippen LogP contribution is 2.34. The summed E-state index contributed by atoms with van der Waals surface area (Å²) >= 11 is 0. The largest absolute Gasteiger partial charge is 0.296 e. The highest BCUT2D eigenvalue weighted by molar-refractivity contribution is 5.31. The van der Waals surface area contributed by atoms with Crippen molar-refractivity contribution in [3.63, 3.8) is 0 Å². The zero-order valence-corrected chi connectivity index (χ0v) is 10.2. The summed E-state index contributed by atoms with van der Waals surface area (Å²) in [6.45, 7) is 8.12. The van der Waals surface area contributed by atoms with E-state index in [9.17, 15) is 0 Å². The summed E-state index contributed by atoms with van der Waals surface area (Å²) in [7, 11) is 2.25. The standard InChI is InChI=1S/C14H21N/c1-11(2)14(3)9-12-7-5-6-8-13(12)10-15(14)4/h5-8,11H,9-10H2,1-4H3. The van der Waals surface area contributed by atoms with Gasteiger partial charge in [0, 0.05) is 12.1 Å². The van der Waals surface area contributed by atoms with Crippen LogP contribution in [0.3, 0.4) is 0 Å². The van der Waals surface area contributed by atoms with Gasteiger partial charge in [0.15, 0.2) is 0 Å². The van der Waals surface area contributed by atoms with E-state index in [1.165, 1.54) is 17.5 Å². The monoisotopic (exact) mass is 203 g/mol. The van der Waals surface area contributed by atoms with E-state index in [1.54, 1.807) is 0 Å². The molecule has 1 aliphatic heterocycles. The Kier molecular flexibility index (Phi) is 2.59. The SMILES string of the molecule is CC(C)C1(C)Cc2ccccc2CN1C.